The minimum Gasteiger partial charge on any atom is -0.309 e. The number of fused-ring (bicyclic) bond motifs is 4. The highest BCUT2D eigenvalue weighted by molar-refractivity contribution is 6.12. The second-order valence-corrected chi connectivity index (χ2v) is 13.4. The van der Waals surface area contributed by atoms with Crippen LogP contribution < -0.4 is 0 Å². The van der Waals surface area contributed by atoms with Crippen LogP contribution in [-0.4, -0.2) is 14.5 Å². The molecule has 10 aromatic rings. The minimum absolute atomic E-state index is 0.702. The number of aromatic nitrogens is 3. The molecule has 0 amide bonds. The first-order chi connectivity index (χ1) is 26.3. The summed E-state index contributed by atoms with van der Waals surface area (Å²) >= 11 is 0. The van der Waals surface area contributed by atoms with E-state index < -0.39 is 0 Å². The zero-order chi connectivity index (χ0) is 35.1. The second kappa shape index (κ2) is 12.9. The molecule has 3 heteroatoms. The van der Waals surface area contributed by atoms with E-state index in [9.17, 15) is 0 Å². The third-order valence-electron chi connectivity index (χ3n) is 10.2. The molecule has 0 radical (unpaired) electrons. The summed E-state index contributed by atoms with van der Waals surface area (Å²) in [5.74, 6) is 0.702. The second-order valence-electron chi connectivity index (χ2n) is 13.4. The molecule has 2 aromatic heterocycles. The SMILES string of the molecule is c1ccc(-c2cccc(-c3cc(-c4ccc(-n5c6ccccc6c6cc(-c7ccccc7)ccc65)c5ccccc45)nc(-c4ccccc4)n3)c2)cc1. The number of para-hydroxylation sites is 1. The van der Waals surface area contributed by atoms with E-state index in [0.717, 1.165) is 50.1 Å². The van der Waals surface area contributed by atoms with Gasteiger partial charge in [-0.1, -0.05) is 164 Å². The minimum atomic E-state index is 0.702. The van der Waals surface area contributed by atoms with Gasteiger partial charge in [0.15, 0.2) is 5.82 Å². The molecule has 0 spiro atoms. The Morgan fingerprint density at radius 2 is 0.849 bits per heavy atom. The largest absolute Gasteiger partial charge is 0.309 e. The quantitative estimate of drug-likeness (QED) is 0.176. The van der Waals surface area contributed by atoms with E-state index >= 15 is 0 Å². The lowest BCUT2D eigenvalue weighted by atomic mass is 9.97. The standard InChI is InChI=1S/C50H33N3/c1-4-15-34(16-5-1)37-21-14-22-39(31-37)45-33-46(52-50(51-45)36-19-8-3-9-20-36)41-28-30-48(42-24-11-10-23-40(41)42)53-47-26-13-12-25-43(47)44-32-38(27-29-49(44)53)35-17-6-2-7-18-35/h1-33H. The van der Waals surface area contributed by atoms with E-state index in [1.807, 2.05) is 18.2 Å². The third kappa shape index (κ3) is 5.47. The van der Waals surface area contributed by atoms with E-state index in [1.165, 1.54) is 38.5 Å². The molecule has 0 aliphatic heterocycles. The summed E-state index contributed by atoms with van der Waals surface area (Å²) in [5.41, 5.74) is 13.1. The van der Waals surface area contributed by atoms with E-state index in [0.29, 0.717) is 5.82 Å². The Labute approximate surface area is 308 Å². The van der Waals surface area contributed by atoms with Gasteiger partial charge in [-0.2, -0.15) is 0 Å². The molecule has 0 N–H and O–H groups in total. The molecule has 0 atom stereocenters. The zero-order valence-corrected chi connectivity index (χ0v) is 28.9. The molecule has 0 bridgehead atoms. The van der Waals surface area contributed by atoms with E-state index in [-0.39, 0.29) is 0 Å². The van der Waals surface area contributed by atoms with Gasteiger partial charge >= 0.3 is 0 Å². The summed E-state index contributed by atoms with van der Waals surface area (Å²) in [7, 11) is 0. The predicted molar refractivity (Wildman–Crippen MR) is 221 cm³/mol. The average Bonchev–Trinajstić information content (AvgIpc) is 3.57. The lowest BCUT2D eigenvalue weighted by Crippen LogP contribution is -1.99. The van der Waals surface area contributed by atoms with Crippen molar-refractivity contribution in [3.63, 3.8) is 0 Å². The smallest absolute Gasteiger partial charge is 0.160 e. The van der Waals surface area contributed by atoms with Crippen LogP contribution in [0.1, 0.15) is 0 Å². The van der Waals surface area contributed by atoms with Crippen LogP contribution in [0.5, 0.6) is 0 Å². The molecule has 0 saturated heterocycles. The van der Waals surface area contributed by atoms with Crippen LogP contribution in [0, 0.1) is 0 Å². The fraction of sp³-hybridized carbons (Fsp3) is 0. The van der Waals surface area contributed by atoms with Crippen molar-refractivity contribution < 1.29 is 0 Å². The predicted octanol–water partition coefficient (Wildman–Crippen LogP) is 13.1. The molecule has 0 unspecified atom stereocenters. The molecule has 0 aliphatic carbocycles. The number of rotatable bonds is 6. The third-order valence-corrected chi connectivity index (χ3v) is 10.2. The molecule has 0 aliphatic rings. The first-order valence-electron chi connectivity index (χ1n) is 18.0. The van der Waals surface area contributed by atoms with Crippen LogP contribution in [0.25, 0.3) is 94.4 Å². The molecular formula is C50H33N3. The summed E-state index contributed by atoms with van der Waals surface area (Å²) in [5, 5.41) is 4.77. The van der Waals surface area contributed by atoms with E-state index in [2.05, 4.69) is 187 Å². The Balaban J connectivity index is 1.17. The highest BCUT2D eigenvalue weighted by Crippen LogP contribution is 2.40. The van der Waals surface area contributed by atoms with Crippen LogP contribution in [-0.2, 0) is 0 Å². The number of hydrogen-bond acceptors (Lipinski definition) is 2. The average molecular weight is 676 g/mol. The molecule has 10 rings (SSSR count). The van der Waals surface area contributed by atoms with Crippen molar-refractivity contribution in [1.29, 1.82) is 0 Å². The van der Waals surface area contributed by atoms with E-state index in [1.54, 1.807) is 0 Å². The van der Waals surface area contributed by atoms with Crippen LogP contribution in [0.2, 0.25) is 0 Å². The normalized spacial score (nSPS) is 11.4. The molecular weight excluding hydrogens is 643 g/mol. The summed E-state index contributed by atoms with van der Waals surface area (Å²) < 4.78 is 2.42. The highest BCUT2D eigenvalue weighted by atomic mass is 15.0. The van der Waals surface area contributed by atoms with Gasteiger partial charge in [-0.05, 0) is 64.0 Å². The Bertz CT molecular complexity index is 2930. The van der Waals surface area contributed by atoms with Gasteiger partial charge < -0.3 is 4.57 Å². The summed E-state index contributed by atoms with van der Waals surface area (Å²) in [6.45, 7) is 0. The fourth-order valence-electron chi connectivity index (χ4n) is 7.68. The van der Waals surface area contributed by atoms with Gasteiger partial charge in [-0.3, -0.25) is 0 Å². The van der Waals surface area contributed by atoms with Gasteiger partial charge in [0.05, 0.1) is 28.1 Å². The van der Waals surface area contributed by atoms with Gasteiger partial charge in [-0.25, -0.2) is 9.97 Å². The summed E-state index contributed by atoms with van der Waals surface area (Å²) in [4.78, 5) is 10.4. The Morgan fingerprint density at radius 1 is 0.302 bits per heavy atom. The van der Waals surface area contributed by atoms with Crippen molar-refractivity contribution in [2.24, 2.45) is 0 Å². The van der Waals surface area contributed by atoms with Crippen molar-refractivity contribution in [3.8, 4) is 61.8 Å². The fourth-order valence-corrected chi connectivity index (χ4v) is 7.68. The maximum absolute atomic E-state index is 5.24. The Kier molecular flexibility index (Phi) is 7.47. The Hall–Kier alpha value is -7.10. The first-order valence-corrected chi connectivity index (χ1v) is 18.0. The van der Waals surface area contributed by atoms with Crippen LogP contribution in [0.4, 0.5) is 0 Å². The van der Waals surface area contributed by atoms with Crippen molar-refractivity contribution in [2.45, 2.75) is 0 Å². The van der Waals surface area contributed by atoms with Crippen LogP contribution in [0.15, 0.2) is 200 Å². The molecule has 0 fully saturated rings. The molecule has 53 heavy (non-hydrogen) atoms. The maximum atomic E-state index is 5.24. The lowest BCUT2D eigenvalue weighted by Gasteiger charge is -2.16. The zero-order valence-electron chi connectivity index (χ0n) is 28.9. The van der Waals surface area contributed by atoms with Gasteiger partial charge in [0, 0.05) is 32.8 Å². The highest BCUT2D eigenvalue weighted by Gasteiger charge is 2.18. The lowest BCUT2D eigenvalue weighted by molar-refractivity contribution is 1.18. The molecule has 8 aromatic carbocycles. The van der Waals surface area contributed by atoms with Crippen molar-refractivity contribution in [1.82, 2.24) is 14.5 Å². The van der Waals surface area contributed by atoms with E-state index in [4.69, 9.17) is 9.97 Å². The summed E-state index contributed by atoms with van der Waals surface area (Å²) in [6, 6.07) is 70.9. The molecule has 0 saturated carbocycles. The number of nitrogens with zero attached hydrogens (tertiary/aromatic N) is 3. The van der Waals surface area contributed by atoms with Crippen LogP contribution in [0.3, 0.4) is 0 Å². The summed E-state index contributed by atoms with van der Waals surface area (Å²) in [6.07, 6.45) is 0. The Morgan fingerprint density at radius 3 is 1.58 bits per heavy atom. The van der Waals surface area contributed by atoms with Crippen molar-refractivity contribution in [3.05, 3.63) is 200 Å². The molecule has 248 valence electrons. The van der Waals surface area contributed by atoms with Crippen LogP contribution >= 0.6 is 0 Å². The first kappa shape index (κ1) is 30.7. The van der Waals surface area contributed by atoms with Gasteiger partial charge in [0.1, 0.15) is 0 Å². The van der Waals surface area contributed by atoms with Gasteiger partial charge in [-0.15, -0.1) is 0 Å². The van der Waals surface area contributed by atoms with Gasteiger partial charge in [0.25, 0.3) is 0 Å². The molecule has 3 nitrogen and oxygen atoms in total. The maximum Gasteiger partial charge on any atom is 0.160 e. The van der Waals surface area contributed by atoms with Crippen molar-refractivity contribution >= 4 is 32.6 Å². The van der Waals surface area contributed by atoms with Gasteiger partial charge in [0.2, 0.25) is 0 Å². The number of hydrogen-bond donors (Lipinski definition) is 0. The number of benzene rings is 8. The monoisotopic (exact) mass is 675 g/mol. The van der Waals surface area contributed by atoms with Crippen molar-refractivity contribution in [2.75, 3.05) is 0 Å². The molecule has 2 heterocycles. The topological polar surface area (TPSA) is 30.7 Å².